The van der Waals surface area contributed by atoms with E-state index in [1.807, 2.05) is 6.92 Å². The number of carbonyl (C=O) groups is 1. The van der Waals surface area contributed by atoms with Gasteiger partial charge in [0.25, 0.3) is 0 Å². The van der Waals surface area contributed by atoms with Crippen LogP contribution in [0.25, 0.3) is 0 Å². The van der Waals surface area contributed by atoms with Crippen molar-refractivity contribution in [2.45, 2.75) is 25.8 Å². The Labute approximate surface area is 78.9 Å². The van der Waals surface area contributed by atoms with Crippen molar-refractivity contribution in [2.24, 2.45) is 5.92 Å². The zero-order valence-corrected chi connectivity index (χ0v) is 8.29. The summed E-state index contributed by atoms with van der Waals surface area (Å²) in [5, 5.41) is 11.1. The molecule has 1 aliphatic rings. The van der Waals surface area contributed by atoms with Gasteiger partial charge in [-0.15, -0.1) is 0 Å². The zero-order valence-electron chi connectivity index (χ0n) is 8.29. The van der Waals surface area contributed by atoms with E-state index in [1.165, 1.54) is 0 Å². The molecule has 0 aliphatic carbocycles. The number of carboxylic acid groups (broad SMARTS) is 1. The Morgan fingerprint density at radius 2 is 2.08 bits per heavy atom. The van der Waals surface area contributed by atoms with Gasteiger partial charge in [-0.2, -0.15) is 0 Å². The first-order chi connectivity index (χ1) is 6.09. The molecule has 0 bridgehead atoms. The molecular formula is C9H18N2O2. The molecule has 76 valence electrons. The van der Waals surface area contributed by atoms with Gasteiger partial charge in [0.2, 0.25) is 0 Å². The molecule has 1 heterocycles. The fourth-order valence-electron chi connectivity index (χ4n) is 1.84. The van der Waals surface area contributed by atoms with Crippen LogP contribution in [-0.4, -0.2) is 42.3 Å². The van der Waals surface area contributed by atoms with Gasteiger partial charge in [-0.25, -0.2) is 4.79 Å². The lowest BCUT2D eigenvalue weighted by atomic mass is 9.91. The predicted molar refractivity (Wildman–Crippen MR) is 50.8 cm³/mol. The summed E-state index contributed by atoms with van der Waals surface area (Å²) in [5.74, 6) is 0.507. The summed E-state index contributed by atoms with van der Waals surface area (Å²) in [7, 11) is 2.10. The minimum atomic E-state index is -0.911. The molecule has 1 atom stereocenters. The molecule has 0 saturated carbocycles. The van der Waals surface area contributed by atoms with Gasteiger partial charge in [-0.3, -0.25) is 0 Å². The lowest BCUT2D eigenvalue weighted by Gasteiger charge is -2.32. The van der Waals surface area contributed by atoms with E-state index in [0.717, 1.165) is 25.9 Å². The molecule has 1 rings (SSSR count). The van der Waals surface area contributed by atoms with Gasteiger partial charge in [0.05, 0.1) is 0 Å². The van der Waals surface area contributed by atoms with Gasteiger partial charge in [-0.05, 0) is 45.8 Å². The monoisotopic (exact) mass is 186 g/mol. The molecule has 4 nitrogen and oxygen atoms in total. The maximum Gasteiger partial charge on any atom is 0.404 e. The van der Waals surface area contributed by atoms with Crippen molar-refractivity contribution in [3.05, 3.63) is 0 Å². The summed E-state index contributed by atoms with van der Waals surface area (Å²) >= 11 is 0. The van der Waals surface area contributed by atoms with Crippen LogP contribution >= 0.6 is 0 Å². The van der Waals surface area contributed by atoms with Crippen molar-refractivity contribution < 1.29 is 9.90 Å². The van der Waals surface area contributed by atoms with Crippen LogP contribution in [0.2, 0.25) is 0 Å². The van der Waals surface area contributed by atoms with Crippen molar-refractivity contribution in [2.75, 3.05) is 20.1 Å². The molecule has 0 aromatic carbocycles. The number of hydrogen-bond donors (Lipinski definition) is 2. The second-order valence-electron chi connectivity index (χ2n) is 3.88. The Morgan fingerprint density at radius 3 is 2.54 bits per heavy atom. The standard InChI is InChI=1S/C9H18N2O2/c1-7(10-9(12)13)8-3-5-11(2)6-4-8/h7-8,10H,3-6H2,1-2H3,(H,12,13). The average Bonchev–Trinajstić information content (AvgIpc) is 2.04. The van der Waals surface area contributed by atoms with Crippen LogP contribution in [0.4, 0.5) is 4.79 Å². The van der Waals surface area contributed by atoms with Gasteiger partial charge in [-0.1, -0.05) is 0 Å². The van der Waals surface area contributed by atoms with Gasteiger partial charge in [0, 0.05) is 6.04 Å². The van der Waals surface area contributed by atoms with E-state index in [0.29, 0.717) is 5.92 Å². The molecule has 0 spiro atoms. The van der Waals surface area contributed by atoms with Crippen LogP contribution in [0.5, 0.6) is 0 Å². The molecule has 0 aromatic rings. The molecule has 1 aliphatic heterocycles. The van der Waals surface area contributed by atoms with Gasteiger partial charge >= 0.3 is 6.09 Å². The maximum atomic E-state index is 10.4. The summed E-state index contributed by atoms with van der Waals surface area (Å²) < 4.78 is 0. The predicted octanol–water partition coefficient (Wildman–Crippen LogP) is 0.984. The molecule has 1 amide bonds. The molecule has 0 radical (unpaired) electrons. The Balaban J connectivity index is 2.31. The molecule has 1 saturated heterocycles. The molecule has 1 fully saturated rings. The first kappa shape index (κ1) is 10.3. The van der Waals surface area contributed by atoms with Gasteiger partial charge in [0.15, 0.2) is 0 Å². The van der Waals surface area contributed by atoms with Gasteiger partial charge < -0.3 is 15.3 Å². The highest BCUT2D eigenvalue weighted by Crippen LogP contribution is 2.19. The summed E-state index contributed by atoms with van der Waals surface area (Å²) in [6, 6.07) is 0.0891. The topological polar surface area (TPSA) is 52.6 Å². The Morgan fingerprint density at radius 1 is 1.54 bits per heavy atom. The molecule has 2 N–H and O–H groups in total. The Hall–Kier alpha value is -0.770. The fraction of sp³-hybridized carbons (Fsp3) is 0.889. The molecular weight excluding hydrogens is 168 g/mol. The summed E-state index contributed by atoms with van der Waals surface area (Å²) in [5.41, 5.74) is 0. The number of nitrogens with one attached hydrogen (secondary N) is 1. The van der Waals surface area contributed by atoms with Crippen LogP contribution in [0, 0.1) is 5.92 Å². The first-order valence-electron chi connectivity index (χ1n) is 4.77. The van der Waals surface area contributed by atoms with Crippen LogP contribution in [-0.2, 0) is 0 Å². The lowest BCUT2D eigenvalue weighted by Crippen LogP contribution is -2.42. The third-order valence-electron chi connectivity index (χ3n) is 2.82. The van der Waals surface area contributed by atoms with Crippen molar-refractivity contribution in [3.8, 4) is 0 Å². The van der Waals surface area contributed by atoms with E-state index >= 15 is 0 Å². The third-order valence-corrected chi connectivity index (χ3v) is 2.82. The largest absolute Gasteiger partial charge is 0.465 e. The van der Waals surface area contributed by atoms with Crippen molar-refractivity contribution in [1.82, 2.24) is 10.2 Å². The maximum absolute atomic E-state index is 10.4. The van der Waals surface area contributed by atoms with Gasteiger partial charge in [0.1, 0.15) is 0 Å². The van der Waals surface area contributed by atoms with Crippen LogP contribution < -0.4 is 5.32 Å². The molecule has 13 heavy (non-hydrogen) atoms. The normalized spacial score (nSPS) is 22.6. The van der Waals surface area contributed by atoms with Crippen LogP contribution in [0.1, 0.15) is 19.8 Å². The first-order valence-corrected chi connectivity index (χ1v) is 4.77. The second-order valence-corrected chi connectivity index (χ2v) is 3.88. The number of hydrogen-bond acceptors (Lipinski definition) is 2. The van der Waals surface area contributed by atoms with Crippen LogP contribution in [0.3, 0.4) is 0 Å². The quantitative estimate of drug-likeness (QED) is 0.676. The molecule has 4 heteroatoms. The minimum absolute atomic E-state index is 0.0891. The van der Waals surface area contributed by atoms with Crippen molar-refractivity contribution in [3.63, 3.8) is 0 Å². The lowest BCUT2D eigenvalue weighted by molar-refractivity contribution is 0.166. The number of rotatable bonds is 2. The number of piperidine rings is 1. The highest BCUT2D eigenvalue weighted by molar-refractivity contribution is 5.64. The van der Waals surface area contributed by atoms with E-state index in [1.54, 1.807) is 0 Å². The summed E-state index contributed by atoms with van der Waals surface area (Å²) in [6.07, 6.45) is 1.28. The molecule has 1 unspecified atom stereocenters. The van der Waals surface area contributed by atoms with E-state index < -0.39 is 6.09 Å². The fourth-order valence-corrected chi connectivity index (χ4v) is 1.84. The van der Waals surface area contributed by atoms with E-state index in [2.05, 4.69) is 17.3 Å². The van der Waals surface area contributed by atoms with E-state index in [4.69, 9.17) is 5.11 Å². The number of amides is 1. The van der Waals surface area contributed by atoms with Crippen molar-refractivity contribution >= 4 is 6.09 Å². The average molecular weight is 186 g/mol. The second kappa shape index (κ2) is 4.46. The van der Waals surface area contributed by atoms with E-state index in [-0.39, 0.29) is 6.04 Å². The minimum Gasteiger partial charge on any atom is -0.465 e. The summed E-state index contributed by atoms with van der Waals surface area (Å²) in [4.78, 5) is 12.7. The highest BCUT2D eigenvalue weighted by atomic mass is 16.4. The van der Waals surface area contributed by atoms with E-state index in [9.17, 15) is 4.79 Å². The molecule has 0 aromatic heterocycles. The highest BCUT2D eigenvalue weighted by Gasteiger charge is 2.22. The number of likely N-dealkylation sites (tertiary alicyclic amines) is 1. The zero-order chi connectivity index (χ0) is 9.84. The summed E-state index contributed by atoms with van der Waals surface area (Å²) in [6.45, 7) is 4.11. The van der Waals surface area contributed by atoms with Crippen molar-refractivity contribution in [1.29, 1.82) is 0 Å². The number of nitrogens with zero attached hydrogens (tertiary/aromatic N) is 1. The Kier molecular flexibility index (Phi) is 3.54. The smallest absolute Gasteiger partial charge is 0.404 e. The Bertz CT molecular complexity index is 176. The SMILES string of the molecule is CC(NC(=O)O)C1CCN(C)CC1. The van der Waals surface area contributed by atoms with Crippen LogP contribution in [0.15, 0.2) is 0 Å². The third kappa shape index (κ3) is 3.22.